The fourth-order valence-corrected chi connectivity index (χ4v) is 1.60. The molecule has 0 fully saturated rings. The van der Waals surface area contributed by atoms with Crippen LogP contribution in [0.25, 0.3) is 0 Å². The van der Waals surface area contributed by atoms with Crippen molar-refractivity contribution < 1.29 is 19.4 Å². The Morgan fingerprint density at radius 1 is 1.69 bits per heavy atom. The van der Waals surface area contributed by atoms with Gasteiger partial charge in [0.2, 0.25) is 5.91 Å². The lowest BCUT2D eigenvalue weighted by Gasteiger charge is -2.05. The van der Waals surface area contributed by atoms with Gasteiger partial charge < -0.3 is 15.2 Å². The molecule has 0 aliphatic carbocycles. The number of carbonyl (C=O) groups is 2. The topological polar surface area (TPSA) is 88.5 Å². The van der Waals surface area contributed by atoms with Crippen LogP contribution in [-0.2, 0) is 20.9 Å². The molecule has 16 heavy (non-hydrogen) atoms. The molecule has 0 saturated carbocycles. The first-order chi connectivity index (χ1) is 7.49. The van der Waals surface area contributed by atoms with Crippen LogP contribution in [0.15, 0.2) is 5.38 Å². The summed E-state index contributed by atoms with van der Waals surface area (Å²) in [6.07, 6.45) is -0.870. The Bertz CT molecular complexity index is 391. The van der Waals surface area contributed by atoms with Crippen LogP contribution in [0.5, 0.6) is 0 Å². The van der Waals surface area contributed by atoms with Crippen molar-refractivity contribution in [1.82, 2.24) is 4.98 Å². The summed E-state index contributed by atoms with van der Waals surface area (Å²) >= 11 is 1.27. The number of anilines is 1. The molecule has 0 saturated heterocycles. The Kier molecular flexibility index (Phi) is 4.39. The van der Waals surface area contributed by atoms with Crippen LogP contribution in [0.1, 0.15) is 19.5 Å². The maximum atomic E-state index is 10.7. The molecular weight excluding hydrogens is 232 g/mol. The minimum absolute atomic E-state index is 0.115. The van der Waals surface area contributed by atoms with E-state index in [1.165, 1.54) is 25.2 Å². The van der Waals surface area contributed by atoms with Gasteiger partial charge in [0.05, 0.1) is 12.3 Å². The van der Waals surface area contributed by atoms with Crippen LogP contribution in [0.2, 0.25) is 0 Å². The molecule has 0 radical (unpaired) electrons. The van der Waals surface area contributed by atoms with Crippen molar-refractivity contribution in [2.45, 2.75) is 26.6 Å². The van der Waals surface area contributed by atoms with E-state index in [0.717, 1.165) is 0 Å². The van der Waals surface area contributed by atoms with Gasteiger partial charge in [-0.25, -0.2) is 9.78 Å². The molecule has 0 aromatic carbocycles. The molecule has 0 bridgehead atoms. The Hall–Kier alpha value is -1.47. The van der Waals surface area contributed by atoms with Crippen molar-refractivity contribution in [3.05, 3.63) is 11.1 Å². The largest absolute Gasteiger partial charge is 0.479 e. The minimum atomic E-state index is -1.02. The molecule has 88 valence electrons. The third-order valence-electron chi connectivity index (χ3n) is 1.66. The number of aromatic nitrogens is 1. The van der Waals surface area contributed by atoms with Crippen molar-refractivity contribution >= 4 is 28.3 Å². The number of aliphatic carboxylic acids is 1. The SMILES string of the molecule is CC(=O)Nc1nc(CO[C@H](C)C(=O)O)cs1. The van der Waals surface area contributed by atoms with Gasteiger partial charge in [-0.1, -0.05) is 0 Å². The number of carboxylic acids is 1. The Labute approximate surface area is 96.3 Å². The predicted octanol–water partition coefficient (Wildman–Crippen LogP) is 1.09. The van der Waals surface area contributed by atoms with E-state index >= 15 is 0 Å². The fraction of sp³-hybridized carbons (Fsp3) is 0.444. The van der Waals surface area contributed by atoms with Crippen LogP contribution in [-0.4, -0.2) is 28.1 Å². The molecule has 1 heterocycles. The number of carbonyl (C=O) groups excluding carboxylic acids is 1. The molecule has 1 amide bonds. The van der Waals surface area contributed by atoms with Gasteiger partial charge >= 0.3 is 5.97 Å². The second-order valence-electron chi connectivity index (χ2n) is 3.12. The third-order valence-corrected chi connectivity index (χ3v) is 2.47. The van der Waals surface area contributed by atoms with Gasteiger partial charge in [-0.05, 0) is 6.92 Å². The Morgan fingerprint density at radius 3 is 2.94 bits per heavy atom. The zero-order chi connectivity index (χ0) is 12.1. The van der Waals surface area contributed by atoms with Crippen molar-refractivity contribution in [3.63, 3.8) is 0 Å². The quantitative estimate of drug-likeness (QED) is 0.809. The highest BCUT2D eigenvalue weighted by Gasteiger charge is 2.12. The number of thiazole rings is 1. The minimum Gasteiger partial charge on any atom is -0.479 e. The number of carboxylic acid groups (broad SMARTS) is 1. The number of hydrogen-bond acceptors (Lipinski definition) is 5. The molecule has 7 heteroatoms. The summed E-state index contributed by atoms with van der Waals surface area (Å²) < 4.78 is 5.04. The van der Waals surface area contributed by atoms with Gasteiger partial charge in [0.15, 0.2) is 11.2 Å². The fourth-order valence-electron chi connectivity index (χ4n) is 0.863. The monoisotopic (exact) mass is 244 g/mol. The van der Waals surface area contributed by atoms with E-state index in [1.807, 2.05) is 0 Å². The third kappa shape index (κ3) is 3.95. The van der Waals surface area contributed by atoms with E-state index in [4.69, 9.17) is 9.84 Å². The number of ether oxygens (including phenoxy) is 1. The standard InChI is InChI=1S/C9H12N2O4S/c1-5(8(13)14)15-3-7-4-16-9(11-7)10-6(2)12/h4-5H,3H2,1-2H3,(H,13,14)(H,10,11,12)/t5-/m1/s1. The molecule has 2 N–H and O–H groups in total. The van der Waals surface area contributed by atoms with Gasteiger partial charge in [0.1, 0.15) is 0 Å². The second-order valence-corrected chi connectivity index (χ2v) is 3.97. The van der Waals surface area contributed by atoms with Crippen LogP contribution in [0.4, 0.5) is 5.13 Å². The summed E-state index contributed by atoms with van der Waals surface area (Å²) in [5.41, 5.74) is 0.599. The van der Waals surface area contributed by atoms with Gasteiger partial charge in [-0.15, -0.1) is 11.3 Å². The highest BCUT2D eigenvalue weighted by Crippen LogP contribution is 2.16. The van der Waals surface area contributed by atoms with Gasteiger partial charge in [0.25, 0.3) is 0 Å². The van der Waals surface area contributed by atoms with E-state index in [9.17, 15) is 9.59 Å². The maximum Gasteiger partial charge on any atom is 0.332 e. The van der Waals surface area contributed by atoms with E-state index in [-0.39, 0.29) is 12.5 Å². The van der Waals surface area contributed by atoms with Crippen molar-refractivity contribution in [3.8, 4) is 0 Å². The molecule has 0 unspecified atom stereocenters. The summed E-state index contributed by atoms with van der Waals surface area (Å²) in [5.74, 6) is -1.21. The van der Waals surface area contributed by atoms with Crippen LogP contribution in [0.3, 0.4) is 0 Å². The van der Waals surface area contributed by atoms with Crippen LogP contribution >= 0.6 is 11.3 Å². The summed E-state index contributed by atoms with van der Waals surface area (Å²) in [4.78, 5) is 25.2. The summed E-state index contributed by atoms with van der Waals surface area (Å²) in [6.45, 7) is 2.96. The average Bonchev–Trinajstić information content (AvgIpc) is 2.60. The molecule has 1 aromatic heterocycles. The Balaban J connectivity index is 2.46. The first kappa shape index (κ1) is 12.6. The Morgan fingerprint density at radius 2 is 2.38 bits per heavy atom. The van der Waals surface area contributed by atoms with Crippen LogP contribution in [0, 0.1) is 0 Å². The van der Waals surface area contributed by atoms with E-state index in [0.29, 0.717) is 10.8 Å². The zero-order valence-corrected chi connectivity index (χ0v) is 9.71. The van der Waals surface area contributed by atoms with Crippen molar-refractivity contribution in [2.75, 3.05) is 5.32 Å². The molecule has 1 aromatic rings. The highest BCUT2D eigenvalue weighted by molar-refractivity contribution is 7.13. The van der Waals surface area contributed by atoms with Crippen molar-refractivity contribution in [1.29, 1.82) is 0 Å². The lowest BCUT2D eigenvalue weighted by molar-refractivity contribution is -0.149. The first-order valence-electron chi connectivity index (χ1n) is 4.55. The summed E-state index contributed by atoms with van der Waals surface area (Å²) in [5, 5.41) is 13.3. The van der Waals surface area contributed by atoms with Crippen LogP contribution < -0.4 is 5.32 Å². The van der Waals surface area contributed by atoms with Gasteiger partial charge in [-0.3, -0.25) is 4.79 Å². The lowest BCUT2D eigenvalue weighted by Crippen LogP contribution is -2.19. The first-order valence-corrected chi connectivity index (χ1v) is 5.43. The van der Waals surface area contributed by atoms with Gasteiger partial charge in [0, 0.05) is 12.3 Å². The van der Waals surface area contributed by atoms with Crippen molar-refractivity contribution in [2.24, 2.45) is 0 Å². The van der Waals surface area contributed by atoms with E-state index in [2.05, 4.69) is 10.3 Å². The van der Waals surface area contributed by atoms with Gasteiger partial charge in [-0.2, -0.15) is 0 Å². The number of amides is 1. The second kappa shape index (κ2) is 5.57. The number of hydrogen-bond donors (Lipinski definition) is 2. The predicted molar refractivity (Wildman–Crippen MR) is 58.3 cm³/mol. The van der Waals surface area contributed by atoms with E-state index in [1.54, 1.807) is 5.38 Å². The number of nitrogens with one attached hydrogen (secondary N) is 1. The molecule has 6 nitrogen and oxygen atoms in total. The van der Waals surface area contributed by atoms with E-state index < -0.39 is 12.1 Å². The molecule has 0 spiro atoms. The molecule has 0 aliphatic rings. The average molecular weight is 244 g/mol. The normalized spacial score (nSPS) is 12.1. The number of nitrogens with zero attached hydrogens (tertiary/aromatic N) is 1. The zero-order valence-electron chi connectivity index (χ0n) is 8.89. The maximum absolute atomic E-state index is 10.7. The lowest BCUT2D eigenvalue weighted by atomic mass is 10.4. The summed E-state index contributed by atoms with van der Waals surface area (Å²) in [7, 11) is 0. The molecule has 1 rings (SSSR count). The molecule has 1 atom stereocenters. The molecule has 0 aliphatic heterocycles. The smallest absolute Gasteiger partial charge is 0.332 e. The number of rotatable bonds is 5. The molecular formula is C9H12N2O4S. The highest BCUT2D eigenvalue weighted by atomic mass is 32.1. The summed E-state index contributed by atoms with van der Waals surface area (Å²) in [6, 6.07) is 0.